The second-order valence-electron chi connectivity index (χ2n) is 4.32. The number of carbonyl (C=O) groups excluding carboxylic acids is 3. The van der Waals surface area contributed by atoms with E-state index >= 15 is 0 Å². The summed E-state index contributed by atoms with van der Waals surface area (Å²) in [7, 11) is 2.30. The number of ether oxygens (including phenoxy) is 2. The molecule has 1 aromatic rings. The molecule has 0 heterocycles. The van der Waals surface area contributed by atoms with Crippen LogP contribution in [0.25, 0.3) is 0 Å². The molecule has 1 rings (SSSR count). The Labute approximate surface area is 125 Å². The second-order valence-corrected chi connectivity index (χ2v) is 4.32. The summed E-state index contributed by atoms with van der Waals surface area (Å²) in [6, 6.07) is 1.13. The molecule has 0 aliphatic carbocycles. The van der Waals surface area contributed by atoms with Gasteiger partial charge in [-0.05, 0) is 18.6 Å². The van der Waals surface area contributed by atoms with Gasteiger partial charge in [0.1, 0.15) is 17.7 Å². The van der Waals surface area contributed by atoms with Gasteiger partial charge < -0.3 is 14.8 Å². The van der Waals surface area contributed by atoms with Crippen LogP contribution in [0.5, 0.6) is 0 Å². The lowest BCUT2D eigenvalue weighted by Gasteiger charge is -2.16. The molecule has 0 spiro atoms. The topological polar surface area (TPSA) is 81.7 Å². The van der Waals surface area contributed by atoms with Crippen molar-refractivity contribution in [1.82, 2.24) is 5.32 Å². The molecule has 6 nitrogen and oxygen atoms in total. The molecule has 1 N–H and O–H groups in total. The minimum absolute atomic E-state index is 0.0666. The smallest absolute Gasteiger partial charge is 0.328 e. The van der Waals surface area contributed by atoms with Gasteiger partial charge >= 0.3 is 11.9 Å². The van der Waals surface area contributed by atoms with Crippen molar-refractivity contribution in [3.63, 3.8) is 0 Å². The molecule has 0 aromatic heterocycles. The lowest BCUT2D eigenvalue weighted by molar-refractivity contribution is -0.144. The molecule has 0 bridgehead atoms. The van der Waals surface area contributed by atoms with Crippen LogP contribution < -0.4 is 5.32 Å². The van der Waals surface area contributed by atoms with Crippen molar-refractivity contribution in [2.24, 2.45) is 0 Å². The summed E-state index contributed by atoms with van der Waals surface area (Å²) >= 11 is 0. The monoisotopic (exact) mass is 315 g/mol. The number of halogens is 2. The Kier molecular flexibility index (Phi) is 6.43. The molecular weight excluding hydrogens is 300 g/mol. The van der Waals surface area contributed by atoms with Crippen molar-refractivity contribution in [3.05, 3.63) is 35.4 Å². The van der Waals surface area contributed by atoms with Crippen molar-refractivity contribution < 1.29 is 32.6 Å². The van der Waals surface area contributed by atoms with E-state index in [-0.39, 0.29) is 18.4 Å². The van der Waals surface area contributed by atoms with Crippen LogP contribution in [-0.2, 0) is 19.1 Å². The zero-order valence-corrected chi connectivity index (χ0v) is 12.0. The van der Waals surface area contributed by atoms with Gasteiger partial charge in [-0.25, -0.2) is 13.6 Å². The van der Waals surface area contributed by atoms with Crippen LogP contribution in [0.4, 0.5) is 8.78 Å². The van der Waals surface area contributed by atoms with Crippen LogP contribution in [0.15, 0.2) is 18.2 Å². The zero-order valence-electron chi connectivity index (χ0n) is 12.0. The molecule has 1 aromatic carbocycles. The van der Waals surface area contributed by atoms with E-state index in [0.29, 0.717) is 6.07 Å². The van der Waals surface area contributed by atoms with E-state index in [0.717, 1.165) is 19.2 Å². The largest absolute Gasteiger partial charge is 0.469 e. The maximum absolute atomic E-state index is 13.1. The maximum atomic E-state index is 13.1. The maximum Gasteiger partial charge on any atom is 0.328 e. The van der Waals surface area contributed by atoms with Crippen LogP contribution >= 0.6 is 0 Å². The first kappa shape index (κ1) is 17.5. The number of rotatable bonds is 6. The van der Waals surface area contributed by atoms with Crippen LogP contribution in [-0.4, -0.2) is 38.1 Å². The van der Waals surface area contributed by atoms with E-state index in [1.165, 1.54) is 7.11 Å². The molecule has 22 heavy (non-hydrogen) atoms. The van der Waals surface area contributed by atoms with Gasteiger partial charge in [-0.3, -0.25) is 9.59 Å². The third-order valence-electron chi connectivity index (χ3n) is 2.78. The van der Waals surface area contributed by atoms with Crippen molar-refractivity contribution in [1.29, 1.82) is 0 Å². The molecule has 1 atom stereocenters. The van der Waals surface area contributed by atoms with Gasteiger partial charge in [-0.2, -0.15) is 0 Å². The van der Waals surface area contributed by atoms with E-state index < -0.39 is 35.5 Å². The van der Waals surface area contributed by atoms with E-state index in [1.807, 2.05) is 0 Å². The second kappa shape index (κ2) is 8.06. The van der Waals surface area contributed by atoms with Crippen LogP contribution in [0.3, 0.4) is 0 Å². The van der Waals surface area contributed by atoms with Crippen molar-refractivity contribution in [2.75, 3.05) is 14.2 Å². The summed E-state index contributed by atoms with van der Waals surface area (Å²) in [6.07, 6.45) is -0.197. The predicted molar refractivity (Wildman–Crippen MR) is 70.9 cm³/mol. The normalized spacial score (nSPS) is 11.5. The van der Waals surface area contributed by atoms with Gasteiger partial charge in [0.15, 0.2) is 0 Å². The van der Waals surface area contributed by atoms with E-state index in [2.05, 4.69) is 14.8 Å². The number of carbonyl (C=O) groups is 3. The minimum atomic E-state index is -1.14. The number of benzene rings is 1. The highest BCUT2D eigenvalue weighted by molar-refractivity contribution is 5.96. The molecular formula is C14H15F2NO5. The number of hydrogen-bond donors (Lipinski definition) is 1. The van der Waals surface area contributed by atoms with E-state index in [9.17, 15) is 23.2 Å². The molecule has 0 aliphatic heterocycles. The average molecular weight is 315 g/mol. The molecule has 0 saturated carbocycles. The van der Waals surface area contributed by atoms with Gasteiger partial charge in [-0.1, -0.05) is 0 Å². The molecule has 0 saturated heterocycles. The Morgan fingerprint density at radius 2 is 1.68 bits per heavy atom. The Morgan fingerprint density at radius 1 is 1.09 bits per heavy atom. The Bertz CT molecular complexity index is 556. The van der Waals surface area contributed by atoms with E-state index in [4.69, 9.17) is 0 Å². The molecule has 0 aliphatic rings. The van der Waals surface area contributed by atoms with Gasteiger partial charge in [0, 0.05) is 18.1 Å². The predicted octanol–water partition coefficient (Wildman–Crippen LogP) is 1.19. The molecule has 0 unspecified atom stereocenters. The van der Waals surface area contributed by atoms with Gasteiger partial charge in [-0.15, -0.1) is 0 Å². The number of amides is 1. The lowest BCUT2D eigenvalue weighted by Crippen LogP contribution is -2.42. The van der Waals surface area contributed by atoms with Gasteiger partial charge in [0.2, 0.25) is 0 Å². The SMILES string of the molecule is COC(=O)CC[C@@H](NC(=O)c1cc(F)cc(F)c1)C(=O)OC. The lowest BCUT2D eigenvalue weighted by atomic mass is 10.1. The average Bonchev–Trinajstić information content (AvgIpc) is 2.48. The molecule has 0 fully saturated rings. The summed E-state index contributed by atoms with van der Waals surface area (Å²) in [5.41, 5.74) is -0.288. The van der Waals surface area contributed by atoms with Crippen LogP contribution in [0, 0.1) is 11.6 Å². The fourth-order valence-electron chi connectivity index (χ4n) is 1.68. The minimum Gasteiger partial charge on any atom is -0.469 e. The Hall–Kier alpha value is -2.51. The molecule has 8 heteroatoms. The standard InChI is InChI=1S/C14H15F2NO5/c1-21-12(18)4-3-11(14(20)22-2)17-13(19)8-5-9(15)7-10(16)6-8/h5-7,11H,3-4H2,1-2H3,(H,17,19)/t11-/m1/s1. The Morgan fingerprint density at radius 3 is 2.18 bits per heavy atom. The molecule has 1 amide bonds. The summed E-state index contributed by atoms with van der Waals surface area (Å²) < 4.78 is 35.1. The first-order chi connectivity index (χ1) is 10.4. The highest BCUT2D eigenvalue weighted by Gasteiger charge is 2.23. The van der Waals surface area contributed by atoms with Crippen LogP contribution in [0.2, 0.25) is 0 Å². The Balaban J connectivity index is 2.81. The number of nitrogens with one attached hydrogen (secondary N) is 1. The first-order valence-corrected chi connectivity index (χ1v) is 6.29. The fourth-order valence-corrected chi connectivity index (χ4v) is 1.68. The highest BCUT2D eigenvalue weighted by atomic mass is 19.1. The quantitative estimate of drug-likeness (QED) is 0.798. The zero-order chi connectivity index (χ0) is 16.7. The number of esters is 2. The third-order valence-corrected chi connectivity index (χ3v) is 2.78. The van der Waals surface area contributed by atoms with Crippen molar-refractivity contribution in [3.8, 4) is 0 Å². The summed E-state index contributed by atoms with van der Waals surface area (Å²) in [5, 5.41) is 2.26. The van der Waals surface area contributed by atoms with Gasteiger partial charge in [0.05, 0.1) is 14.2 Å². The summed E-state index contributed by atoms with van der Waals surface area (Å²) in [5.74, 6) is -4.06. The molecule has 120 valence electrons. The summed E-state index contributed by atoms with van der Waals surface area (Å²) in [4.78, 5) is 34.6. The van der Waals surface area contributed by atoms with Crippen molar-refractivity contribution >= 4 is 17.8 Å². The summed E-state index contributed by atoms with van der Waals surface area (Å²) in [6.45, 7) is 0. The number of hydrogen-bond acceptors (Lipinski definition) is 5. The van der Waals surface area contributed by atoms with E-state index in [1.54, 1.807) is 0 Å². The number of methoxy groups -OCH3 is 2. The fraction of sp³-hybridized carbons (Fsp3) is 0.357. The molecule has 0 radical (unpaired) electrons. The highest BCUT2D eigenvalue weighted by Crippen LogP contribution is 2.09. The van der Waals surface area contributed by atoms with Crippen LogP contribution in [0.1, 0.15) is 23.2 Å². The first-order valence-electron chi connectivity index (χ1n) is 6.29. The third kappa shape index (κ3) is 5.12. The van der Waals surface area contributed by atoms with Gasteiger partial charge in [0.25, 0.3) is 5.91 Å². The van der Waals surface area contributed by atoms with Crippen molar-refractivity contribution in [2.45, 2.75) is 18.9 Å².